The minimum atomic E-state index is 0.322. The van der Waals surface area contributed by atoms with Crippen LogP contribution < -0.4 is 5.32 Å². The normalized spacial score (nSPS) is 9.45. The molecule has 0 saturated carbocycles. The quantitative estimate of drug-likeness (QED) is 0.719. The van der Waals surface area contributed by atoms with Crippen LogP contribution in [0.3, 0.4) is 0 Å². The van der Waals surface area contributed by atoms with E-state index in [0.29, 0.717) is 5.75 Å². The van der Waals surface area contributed by atoms with Gasteiger partial charge < -0.3 is 10.4 Å². The first kappa shape index (κ1) is 16.1. The van der Waals surface area contributed by atoms with Gasteiger partial charge in [0.1, 0.15) is 5.75 Å². The van der Waals surface area contributed by atoms with Crippen molar-refractivity contribution in [3.05, 3.63) is 60.7 Å². The van der Waals surface area contributed by atoms with Gasteiger partial charge in [-0.25, -0.2) is 0 Å². The molecule has 2 rings (SSSR count). The Kier molecular flexibility index (Phi) is 8.79. The first-order valence-electron chi connectivity index (χ1n) is 7.36. The molecular weight excluding hydrogens is 246 g/mol. The Morgan fingerprint density at radius 2 is 1.40 bits per heavy atom. The lowest BCUT2D eigenvalue weighted by Crippen LogP contribution is -2.00. The van der Waals surface area contributed by atoms with Gasteiger partial charge in [0.15, 0.2) is 0 Å². The molecule has 0 aliphatic carbocycles. The summed E-state index contributed by atoms with van der Waals surface area (Å²) in [7, 11) is 0. The highest BCUT2D eigenvalue weighted by molar-refractivity contribution is 5.42. The Labute approximate surface area is 122 Å². The number of rotatable bonds is 6. The van der Waals surface area contributed by atoms with Crippen LogP contribution in [0.5, 0.6) is 5.75 Å². The van der Waals surface area contributed by atoms with Crippen molar-refractivity contribution in [2.24, 2.45) is 0 Å². The smallest absolute Gasteiger partial charge is 0.115 e. The van der Waals surface area contributed by atoms with Gasteiger partial charge in [-0.1, -0.05) is 62.6 Å². The molecule has 0 amide bonds. The summed E-state index contributed by atoms with van der Waals surface area (Å²) in [5.41, 5.74) is 1.24. The Morgan fingerprint density at radius 3 is 1.90 bits per heavy atom. The van der Waals surface area contributed by atoms with Crippen molar-refractivity contribution in [3.8, 4) is 5.75 Å². The van der Waals surface area contributed by atoms with E-state index in [4.69, 9.17) is 5.11 Å². The SMILES string of the molecule is CCCCCCNc1ccccc1.Oc1ccccc1. The second kappa shape index (κ2) is 10.9. The molecule has 0 saturated heterocycles. The van der Waals surface area contributed by atoms with Crippen molar-refractivity contribution in [1.29, 1.82) is 0 Å². The van der Waals surface area contributed by atoms with Gasteiger partial charge >= 0.3 is 0 Å². The highest BCUT2D eigenvalue weighted by atomic mass is 16.3. The monoisotopic (exact) mass is 271 g/mol. The third-order valence-electron chi connectivity index (χ3n) is 2.89. The maximum atomic E-state index is 8.63. The number of aromatic hydroxyl groups is 1. The lowest BCUT2D eigenvalue weighted by atomic mass is 10.2. The van der Waals surface area contributed by atoms with Crippen LogP contribution >= 0.6 is 0 Å². The maximum absolute atomic E-state index is 8.63. The Morgan fingerprint density at radius 1 is 0.800 bits per heavy atom. The van der Waals surface area contributed by atoms with Crippen molar-refractivity contribution in [2.75, 3.05) is 11.9 Å². The molecule has 108 valence electrons. The van der Waals surface area contributed by atoms with Gasteiger partial charge in [0.05, 0.1) is 0 Å². The van der Waals surface area contributed by atoms with Crippen molar-refractivity contribution in [2.45, 2.75) is 32.6 Å². The molecule has 0 aromatic heterocycles. The first-order chi connectivity index (χ1) is 9.83. The number of hydrogen-bond acceptors (Lipinski definition) is 2. The molecule has 0 aliphatic rings. The van der Waals surface area contributed by atoms with Crippen molar-refractivity contribution in [1.82, 2.24) is 0 Å². The van der Waals surface area contributed by atoms with Crippen LogP contribution in [0, 0.1) is 0 Å². The van der Waals surface area contributed by atoms with Crippen LogP contribution in [-0.2, 0) is 0 Å². The summed E-state index contributed by atoms with van der Waals surface area (Å²) in [5, 5.41) is 12.0. The van der Waals surface area contributed by atoms with E-state index >= 15 is 0 Å². The van der Waals surface area contributed by atoms with E-state index in [1.165, 1.54) is 31.4 Å². The zero-order valence-electron chi connectivity index (χ0n) is 12.3. The lowest BCUT2D eigenvalue weighted by Gasteiger charge is -2.04. The second-order valence-corrected chi connectivity index (χ2v) is 4.69. The summed E-state index contributed by atoms with van der Waals surface area (Å²) in [4.78, 5) is 0. The van der Waals surface area contributed by atoms with E-state index in [9.17, 15) is 0 Å². The molecule has 0 bridgehead atoms. The van der Waals surface area contributed by atoms with Crippen LogP contribution in [0.2, 0.25) is 0 Å². The average molecular weight is 271 g/mol. The van der Waals surface area contributed by atoms with Crippen molar-refractivity contribution in [3.63, 3.8) is 0 Å². The number of phenolic OH excluding ortho intramolecular Hbond substituents is 1. The van der Waals surface area contributed by atoms with Crippen LogP contribution in [0.15, 0.2) is 60.7 Å². The number of hydrogen-bond donors (Lipinski definition) is 2. The predicted octanol–water partition coefficient (Wildman–Crippen LogP) is 5.07. The van der Waals surface area contributed by atoms with E-state index in [-0.39, 0.29) is 0 Å². The number of nitrogens with one attached hydrogen (secondary N) is 1. The summed E-state index contributed by atoms with van der Waals surface area (Å²) in [6, 6.07) is 19.1. The third kappa shape index (κ3) is 8.20. The Balaban J connectivity index is 0.000000240. The van der Waals surface area contributed by atoms with Crippen molar-refractivity contribution >= 4 is 5.69 Å². The molecule has 0 spiro atoms. The Hall–Kier alpha value is -1.96. The Bertz CT molecular complexity index is 428. The topological polar surface area (TPSA) is 32.3 Å². The second-order valence-electron chi connectivity index (χ2n) is 4.69. The van der Waals surface area contributed by atoms with Gasteiger partial charge in [0.2, 0.25) is 0 Å². The molecule has 0 heterocycles. The molecule has 2 N–H and O–H groups in total. The minimum absolute atomic E-state index is 0.322. The summed E-state index contributed by atoms with van der Waals surface area (Å²) < 4.78 is 0. The molecule has 2 aromatic rings. The number of anilines is 1. The minimum Gasteiger partial charge on any atom is -0.508 e. The molecule has 0 radical (unpaired) electrons. The van der Waals surface area contributed by atoms with E-state index in [1.807, 2.05) is 12.1 Å². The number of unbranched alkanes of at least 4 members (excludes halogenated alkanes) is 3. The van der Waals surface area contributed by atoms with Gasteiger partial charge in [0.25, 0.3) is 0 Å². The molecular formula is C18H25NO. The first-order valence-corrected chi connectivity index (χ1v) is 7.36. The zero-order valence-corrected chi connectivity index (χ0v) is 12.3. The van der Waals surface area contributed by atoms with E-state index in [2.05, 4.69) is 36.5 Å². The van der Waals surface area contributed by atoms with Crippen LogP contribution in [0.4, 0.5) is 5.69 Å². The number of benzene rings is 2. The number of para-hydroxylation sites is 2. The zero-order chi connectivity index (χ0) is 14.5. The van der Waals surface area contributed by atoms with Crippen LogP contribution in [-0.4, -0.2) is 11.7 Å². The van der Waals surface area contributed by atoms with Crippen LogP contribution in [0.1, 0.15) is 32.6 Å². The highest BCUT2D eigenvalue weighted by Gasteiger charge is 1.89. The molecule has 2 heteroatoms. The summed E-state index contributed by atoms with van der Waals surface area (Å²) >= 11 is 0. The predicted molar refractivity (Wildman–Crippen MR) is 87.2 cm³/mol. The molecule has 2 aromatic carbocycles. The van der Waals surface area contributed by atoms with Gasteiger partial charge in [-0.3, -0.25) is 0 Å². The molecule has 0 atom stereocenters. The van der Waals surface area contributed by atoms with E-state index < -0.39 is 0 Å². The highest BCUT2D eigenvalue weighted by Crippen LogP contribution is 2.06. The van der Waals surface area contributed by atoms with Crippen LogP contribution in [0.25, 0.3) is 0 Å². The van der Waals surface area contributed by atoms with Gasteiger partial charge in [-0.05, 0) is 30.7 Å². The standard InChI is InChI=1S/C12H19N.C6H6O/c1-2-3-4-8-11-13-12-9-6-5-7-10-12;7-6-4-2-1-3-5-6/h5-7,9-10,13H,2-4,8,11H2,1H3;1-5,7H. The van der Waals surface area contributed by atoms with Gasteiger partial charge in [0, 0.05) is 12.2 Å². The average Bonchev–Trinajstić information content (AvgIpc) is 2.50. The molecule has 0 unspecified atom stereocenters. The third-order valence-corrected chi connectivity index (χ3v) is 2.89. The summed E-state index contributed by atoms with van der Waals surface area (Å²) in [6.45, 7) is 3.34. The van der Waals surface area contributed by atoms with Gasteiger partial charge in [-0.2, -0.15) is 0 Å². The lowest BCUT2D eigenvalue weighted by molar-refractivity contribution is 0.475. The van der Waals surface area contributed by atoms with E-state index in [0.717, 1.165) is 6.54 Å². The van der Waals surface area contributed by atoms with Crippen molar-refractivity contribution < 1.29 is 5.11 Å². The molecule has 0 aliphatic heterocycles. The van der Waals surface area contributed by atoms with E-state index in [1.54, 1.807) is 24.3 Å². The fourth-order valence-corrected chi connectivity index (χ4v) is 1.77. The molecule has 20 heavy (non-hydrogen) atoms. The fourth-order valence-electron chi connectivity index (χ4n) is 1.77. The summed E-state index contributed by atoms with van der Waals surface area (Å²) in [6.07, 6.45) is 5.29. The number of phenols is 1. The summed E-state index contributed by atoms with van der Waals surface area (Å²) in [5.74, 6) is 0.322. The molecule has 0 fully saturated rings. The largest absolute Gasteiger partial charge is 0.508 e. The molecule has 2 nitrogen and oxygen atoms in total. The fraction of sp³-hybridized carbons (Fsp3) is 0.333. The van der Waals surface area contributed by atoms with Gasteiger partial charge in [-0.15, -0.1) is 0 Å². The maximum Gasteiger partial charge on any atom is 0.115 e.